The van der Waals surface area contributed by atoms with E-state index >= 15 is 0 Å². The van der Waals surface area contributed by atoms with Gasteiger partial charge in [-0.1, -0.05) is 15.9 Å². The van der Waals surface area contributed by atoms with Gasteiger partial charge >= 0.3 is 0 Å². The summed E-state index contributed by atoms with van der Waals surface area (Å²) in [6, 6.07) is 15.0. The molecule has 0 unspecified atom stereocenters. The van der Waals surface area contributed by atoms with Crippen LogP contribution in [0.4, 0.5) is 23.1 Å². The van der Waals surface area contributed by atoms with E-state index in [1.807, 2.05) is 37.3 Å². The fraction of sp³-hybridized carbons (Fsp3) is 0.105. The minimum Gasteiger partial charge on any atom is -0.340 e. The number of anilines is 4. The Bertz CT molecular complexity index is 910. The lowest BCUT2D eigenvalue weighted by atomic mass is 10.1. The highest BCUT2D eigenvalue weighted by Gasteiger charge is 2.04. The maximum atomic E-state index is 11.3. The van der Waals surface area contributed by atoms with Gasteiger partial charge in [-0.05, 0) is 67.9 Å². The molecular formula is C19H17BrN4O. The number of carbonyl (C=O) groups is 1. The van der Waals surface area contributed by atoms with Gasteiger partial charge in [-0.25, -0.2) is 4.98 Å². The second-order valence-electron chi connectivity index (χ2n) is 5.61. The number of rotatable bonds is 5. The van der Waals surface area contributed by atoms with Crippen LogP contribution in [0.15, 0.2) is 59.2 Å². The summed E-state index contributed by atoms with van der Waals surface area (Å²) in [7, 11) is 0. The largest absolute Gasteiger partial charge is 0.340 e. The highest BCUT2D eigenvalue weighted by molar-refractivity contribution is 9.10. The molecule has 2 aromatic carbocycles. The summed E-state index contributed by atoms with van der Waals surface area (Å²) >= 11 is 3.49. The van der Waals surface area contributed by atoms with E-state index in [9.17, 15) is 4.79 Å². The van der Waals surface area contributed by atoms with E-state index in [1.54, 1.807) is 31.3 Å². The summed E-state index contributed by atoms with van der Waals surface area (Å²) in [5, 5.41) is 6.40. The van der Waals surface area contributed by atoms with E-state index in [0.29, 0.717) is 17.3 Å². The third-order valence-electron chi connectivity index (χ3n) is 3.63. The summed E-state index contributed by atoms with van der Waals surface area (Å²) in [5.41, 5.74) is 3.59. The van der Waals surface area contributed by atoms with Crippen LogP contribution in [0.2, 0.25) is 0 Å². The number of benzene rings is 2. The molecule has 0 amide bonds. The van der Waals surface area contributed by atoms with Gasteiger partial charge in [-0.2, -0.15) is 4.98 Å². The summed E-state index contributed by atoms with van der Waals surface area (Å²) in [5.74, 6) is 1.22. The van der Waals surface area contributed by atoms with Crippen LogP contribution in [0.5, 0.6) is 0 Å². The summed E-state index contributed by atoms with van der Waals surface area (Å²) in [6.07, 6.45) is 1.69. The third-order valence-corrected chi connectivity index (χ3v) is 4.52. The van der Waals surface area contributed by atoms with E-state index in [2.05, 4.69) is 36.5 Å². The van der Waals surface area contributed by atoms with Gasteiger partial charge in [0.25, 0.3) is 0 Å². The molecule has 0 saturated carbocycles. The molecule has 25 heavy (non-hydrogen) atoms. The third kappa shape index (κ3) is 4.42. The molecule has 6 heteroatoms. The van der Waals surface area contributed by atoms with Crippen molar-refractivity contribution in [1.29, 1.82) is 0 Å². The van der Waals surface area contributed by atoms with Gasteiger partial charge in [0.15, 0.2) is 5.78 Å². The molecule has 2 N–H and O–H groups in total. The van der Waals surface area contributed by atoms with Gasteiger partial charge in [0.05, 0.1) is 0 Å². The van der Waals surface area contributed by atoms with Crippen molar-refractivity contribution in [3.63, 3.8) is 0 Å². The molecule has 0 aliphatic rings. The van der Waals surface area contributed by atoms with Gasteiger partial charge < -0.3 is 10.6 Å². The van der Waals surface area contributed by atoms with Gasteiger partial charge in [0.1, 0.15) is 5.82 Å². The fourth-order valence-electron chi connectivity index (χ4n) is 2.28. The standard InChI is InChI=1S/C19H17BrN4O/c1-12-11-16(7-8-17(12)20)22-18-9-10-21-19(24-18)23-15-5-3-14(4-6-15)13(2)25/h3-11H,1-2H3,(H2,21,22,23,24). The molecule has 3 aromatic rings. The summed E-state index contributed by atoms with van der Waals surface area (Å²) in [4.78, 5) is 20.0. The first-order valence-electron chi connectivity index (χ1n) is 7.75. The zero-order valence-electron chi connectivity index (χ0n) is 13.9. The Morgan fingerprint density at radius 3 is 2.40 bits per heavy atom. The van der Waals surface area contributed by atoms with E-state index in [-0.39, 0.29) is 5.78 Å². The Kier molecular flexibility index (Phi) is 5.09. The van der Waals surface area contributed by atoms with Crippen LogP contribution in [-0.4, -0.2) is 15.8 Å². The molecule has 0 spiro atoms. The highest BCUT2D eigenvalue weighted by Crippen LogP contribution is 2.23. The van der Waals surface area contributed by atoms with Crippen molar-refractivity contribution in [3.05, 3.63) is 70.3 Å². The average Bonchev–Trinajstić information content (AvgIpc) is 2.59. The lowest BCUT2D eigenvalue weighted by Crippen LogP contribution is -2.01. The minimum absolute atomic E-state index is 0.0405. The van der Waals surface area contributed by atoms with Gasteiger partial charge in [-0.15, -0.1) is 0 Å². The lowest BCUT2D eigenvalue weighted by Gasteiger charge is -2.10. The van der Waals surface area contributed by atoms with Gasteiger partial charge in [0, 0.05) is 27.6 Å². The van der Waals surface area contributed by atoms with Crippen LogP contribution in [0.3, 0.4) is 0 Å². The predicted molar refractivity (Wildman–Crippen MR) is 104 cm³/mol. The minimum atomic E-state index is 0.0405. The van der Waals surface area contributed by atoms with Gasteiger partial charge in [0.2, 0.25) is 5.95 Å². The fourth-order valence-corrected chi connectivity index (χ4v) is 2.52. The number of hydrogen-bond acceptors (Lipinski definition) is 5. The molecule has 0 saturated heterocycles. The Balaban J connectivity index is 1.74. The first kappa shape index (κ1) is 17.1. The van der Waals surface area contributed by atoms with Crippen LogP contribution >= 0.6 is 15.9 Å². The van der Waals surface area contributed by atoms with Crippen molar-refractivity contribution in [2.24, 2.45) is 0 Å². The molecule has 0 fully saturated rings. The zero-order chi connectivity index (χ0) is 17.8. The van der Waals surface area contributed by atoms with E-state index in [1.165, 1.54) is 0 Å². The molecule has 1 aromatic heterocycles. The molecule has 1 heterocycles. The number of hydrogen-bond donors (Lipinski definition) is 2. The van der Waals surface area contributed by atoms with Crippen molar-refractivity contribution in [1.82, 2.24) is 9.97 Å². The van der Waals surface area contributed by atoms with Crippen LogP contribution in [0, 0.1) is 6.92 Å². The Morgan fingerprint density at radius 2 is 1.72 bits per heavy atom. The smallest absolute Gasteiger partial charge is 0.229 e. The number of ketones is 1. The SMILES string of the molecule is CC(=O)c1ccc(Nc2nccc(Nc3ccc(Br)c(C)c3)n2)cc1. The lowest BCUT2D eigenvalue weighted by molar-refractivity contribution is 0.101. The van der Waals surface area contributed by atoms with Crippen LogP contribution in [0.1, 0.15) is 22.8 Å². The van der Waals surface area contributed by atoms with Crippen LogP contribution in [0.25, 0.3) is 0 Å². The Labute approximate surface area is 154 Å². The number of carbonyl (C=O) groups excluding carboxylic acids is 1. The first-order valence-corrected chi connectivity index (χ1v) is 8.55. The van der Waals surface area contributed by atoms with Crippen LogP contribution < -0.4 is 10.6 Å². The average molecular weight is 397 g/mol. The molecule has 5 nitrogen and oxygen atoms in total. The summed E-state index contributed by atoms with van der Waals surface area (Å²) < 4.78 is 1.07. The first-order chi connectivity index (χ1) is 12.0. The second-order valence-corrected chi connectivity index (χ2v) is 6.47. The van der Waals surface area contributed by atoms with E-state index < -0.39 is 0 Å². The van der Waals surface area contributed by atoms with Crippen molar-refractivity contribution >= 4 is 44.9 Å². The van der Waals surface area contributed by atoms with E-state index in [0.717, 1.165) is 21.4 Å². The topological polar surface area (TPSA) is 66.9 Å². The molecule has 0 bridgehead atoms. The number of nitrogens with zero attached hydrogens (tertiary/aromatic N) is 2. The number of aromatic nitrogens is 2. The maximum Gasteiger partial charge on any atom is 0.229 e. The van der Waals surface area contributed by atoms with Gasteiger partial charge in [-0.3, -0.25) is 4.79 Å². The number of nitrogens with one attached hydrogen (secondary N) is 2. The molecule has 3 rings (SSSR count). The molecule has 0 atom stereocenters. The Morgan fingerprint density at radius 1 is 1.00 bits per heavy atom. The zero-order valence-corrected chi connectivity index (χ0v) is 15.5. The highest BCUT2D eigenvalue weighted by atomic mass is 79.9. The number of halogens is 1. The number of aryl methyl sites for hydroxylation is 1. The van der Waals surface area contributed by atoms with E-state index in [4.69, 9.17) is 0 Å². The molecular weight excluding hydrogens is 380 g/mol. The molecule has 0 aliphatic heterocycles. The second kappa shape index (κ2) is 7.44. The number of Topliss-reactive ketones (excluding diaryl/α,β-unsaturated/α-hetero) is 1. The van der Waals surface area contributed by atoms with Crippen molar-refractivity contribution in [3.8, 4) is 0 Å². The maximum absolute atomic E-state index is 11.3. The van der Waals surface area contributed by atoms with Crippen molar-refractivity contribution in [2.45, 2.75) is 13.8 Å². The summed E-state index contributed by atoms with van der Waals surface area (Å²) in [6.45, 7) is 3.58. The molecule has 0 aliphatic carbocycles. The molecule has 126 valence electrons. The quantitative estimate of drug-likeness (QED) is 0.577. The van der Waals surface area contributed by atoms with Crippen molar-refractivity contribution in [2.75, 3.05) is 10.6 Å². The normalized spacial score (nSPS) is 10.4. The monoisotopic (exact) mass is 396 g/mol. The Hall–Kier alpha value is -2.73. The van der Waals surface area contributed by atoms with Crippen molar-refractivity contribution < 1.29 is 4.79 Å². The van der Waals surface area contributed by atoms with Crippen LogP contribution in [-0.2, 0) is 0 Å². The molecule has 0 radical (unpaired) electrons. The predicted octanol–water partition coefficient (Wildman–Crippen LogP) is 5.24.